The van der Waals surface area contributed by atoms with Gasteiger partial charge >= 0.3 is 0 Å². The molecule has 0 bridgehead atoms. The van der Waals surface area contributed by atoms with E-state index in [-0.39, 0.29) is 5.91 Å². The predicted octanol–water partition coefficient (Wildman–Crippen LogP) is 6.13. The van der Waals surface area contributed by atoms with E-state index in [2.05, 4.69) is 0 Å². The summed E-state index contributed by atoms with van der Waals surface area (Å²) in [5, 5.41) is 0. The zero-order chi connectivity index (χ0) is 26.0. The van der Waals surface area contributed by atoms with E-state index in [1.165, 1.54) is 0 Å². The third-order valence-electron chi connectivity index (χ3n) is 5.88. The molecule has 0 radical (unpaired) electrons. The van der Waals surface area contributed by atoms with Crippen LogP contribution >= 0.6 is 0 Å². The average molecular weight is 498 g/mol. The molecule has 0 aliphatic heterocycles. The van der Waals surface area contributed by atoms with Crippen molar-refractivity contribution in [1.82, 2.24) is 4.90 Å². The van der Waals surface area contributed by atoms with Crippen LogP contribution in [0.25, 0.3) is 0 Å². The summed E-state index contributed by atoms with van der Waals surface area (Å²) in [6.45, 7) is 1.24. The molecule has 0 heterocycles. The van der Waals surface area contributed by atoms with Crippen molar-refractivity contribution in [3.63, 3.8) is 0 Å². The Hall–Kier alpha value is -4.45. The van der Waals surface area contributed by atoms with Gasteiger partial charge in [0.05, 0.1) is 14.2 Å². The fourth-order valence-electron chi connectivity index (χ4n) is 3.89. The van der Waals surface area contributed by atoms with Gasteiger partial charge in [-0.15, -0.1) is 0 Å². The molecule has 1 amide bonds. The third-order valence-corrected chi connectivity index (χ3v) is 5.88. The minimum atomic E-state index is -0.129. The predicted molar refractivity (Wildman–Crippen MR) is 143 cm³/mol. The minimum Gasteiger partial charge on any atom is -0.493 e. The first-order valence-electron chi connectivity index (χ1n) is 12.0. The average Bonchev–Trinajstić information content (AvgIpc) is 2.95. The van der Waals surface area contributed by atoms with Gasteiger partial charge in [-0.1, -0.05) is 66.7 Å². The monoisotopic (exact) mass is 497 g/mol. The Kier molecular flexibility index (Phi) is 8.66. The highest BCUT2D eigenvalue weighted by Crippen LogP contribution is 2.31. The molecule has 0 aliphatic rings. The van der Waals surface area contributed by atoms with Crippen LogP contribution < -0.4 is 18.9 Å². The lowest BCUT2D eigenvalue weighted by Crippen LogP contribution is -2.26. The van der Waals surface area contributed by atoms with Crippen molar-refractivity contribution in [2.45, 2.75) is 19.8 Å². The molecule has 0 spiro atoms. The molecule has 0 saturated heterocycles. The van der Waals surface area contributed by atoms with E-state index >= 15 is 0 Å². The Morgan fingerprint density at radius 1 is 0.622 bits per heavy atom. The van der Waals surface area contributed by atoms with E-state index in [0.29, 0.717) is 48.3 Å². The largest absolute Gasteiger partial charge is 0.493 e. The summed E-state index contributed by atoms with van der Waals surface area (Å²) in [6, 6.07) is 30.8. The number of hydrogen-bond acceptors (Lipinski definition) is 5. The van der Waals surface area contributed by atoms with Crippen LogP contribution in [0.15, 0.2) is 97.1 Å². The zero-order valence-electron chi connectivity index (χ0n) is 21.3. The van der Waals surface area contributed by atoms with E-state index in [0.717, 1.165) is 16.7 Å². The molecule has 0 atom stereocenters. The number of benzene rings is 4. The lowest BCUT2D eigenvalue weighted by molar-refractivity contribution is 0.0784. The molecule has 0 aliphatic carbocycles. The molecule has 4 aromatic carbocycles. The molecular formula is C31H31NO5. The van der Waals surface area contributed by atoms with Gasteiger partial charge in [0.2, 0.25) is 0 Å². The first kappa shape index (κ1) is 25.6. The van der Waals surface area contributed by atoms with Gasteiger partial charge in [-0.05, 0) is 47.0 Å². The Bertz CT molecular complexity index is 1310. The zero-order valence-corrected chi connectivity index (χ0v) is 21.3. The van der Waals surface area contributed by atoms with Crippen molar-refractivity contribution in [3.05, 3.63) is 119 Å². The van der Waals surface area contributed by atoms with E-state index in [1.54, 1.807) is 44.4 Å². The molecular weight excluding hydrogens is 466 g/mol. The van der Waals surface area contributed by atoms with Crippen LogP contribution in [0.5, 0.6) is 23.0 Å². The van der Waals surface area contributed by atoms with Gasteiger partial charge in [-0.3, -0.25) is 4.79 Å². The van der Waals surface area contributed by atoms with Crippen LogP contribution in [-0.2, 0) is 19.8 Å². The summed E-state index contributed by atoms with van der Waals surface area (Å²) in [5.41, 5.74) is 3.55. The SMILES string of the molecule is COc1cc(C(=O)N(C)Cc2ccc(OC)c(OCc3ccccc3)c2)ccc1OCc1ccccc1. The highest BCUT2D eigenvalue weighted by Gasteiger charge is 2.17. The van der Waals surface area contributed by atoms with E-state index in [1.807, 2.05) is 78.9 Å². The highest BCUT2D eigenvalue weighted by molar-refractivity contribution is 5.94. The van der Waals surface area contributed by atoms with Gasteiger partial charge in [0, 0.05) is 19.2 Å². The number of methoxy groups -OCH3 is 2. The second-order valence-corrected chi connectivity index (χ2v) is 8.56. The smallest absolute Gasteiger partial charge is 0.254 e. The summed E-state index contributed by atoms with van der Waals surface area (Å²) in [6.07, 6.45) is 0. The second-order valence-electron chi connectivity index (χ2n) is 8.56. The van der Waals surface area contributed by atoms with E-state index < -0.39 is 0 Å². The molecule has 190 valence electrons. The van der Waals surface area contributed by atoms with Gasteiger partial charge in [-0.25, -0.2) is 0 Å². The minimum absolute atomic E-state index is 0.129. The Labute approximate surface area is 218 Å². The summed E-state index contributed by atoms with van der Waals surface area (Å²) in [5.74, 6) is 2.24. The van der Waals surface area contributed by atoms with Gasteiger partial charge in [0.1, 0.15) is 13.2 Å². The first-order chi connectivity index (χ1) is 18.1. The molecule has 0 unspecified atom stereocenters. The summed E-state index contributed by atoms with van der Waals surface area (Å²) < 4.78 is 22.9. The van der Waals surface area contributed by atoms with Crippen LogP contribution in [0.1, 0.15) is 27.0 Å². The molecule has 0 fully saturated rings. The van der Waals surface area contributed by atoms with Crippen molar-refractivity contribution < 1.29 is 23.7 Å². The lowest BCUT2D eigenvalue weighted by atomic mass is 10.1. The standard InChI is InChI=1S/C31H31NO5/c1-32(20-25-14-16-27(34-2)30(18-25)37-22-24-12-8-5-9-13-24)31(33)26-15-17-28(29(19-26)35-3)36-21-23-10-6-4-7-11-23/h4-19H,20-22H2,1-3H3. The number of hydrogen-bond donors (Lipinski definition) is 0. The summed E-state index contributed by atoms with van der Waals surface area (Å²) in [7, 11) is 4.95. The van der Waals surface area contributed by atoms with E-state index in [9.17, 15) is 4.79 Å². The number of nitrogens with zero attached hydrogens (tertiary/aromatic N) is 1. The van der Waals surface area contributed by atoms with E-state index in [4.69, 9.17) is 18.9 Å². The van der Waals surface area contributed by atoms with Crippen molar-refractivity contribution in [2.24, 2.45) is 0 Å². The van der Waals surface area contributed by atoms with Crippen LogP contribution in [-0.4, -0.2) is 32.1 Å². The molecule has 0 aromatic heterocycles. The lowest BCUT2D eigenvalue weighted by Gasteiger charge is -2.20. The van der Waals surface area contributed by atoms with Gasteiger partial charge in [-0.2, -0.15) is 0 Å². The maximum atomic E-state index is 13.2. The highest BCUT2D eigenvalue weighted by atomic mass is 16.5. The molecule has 0 N–H and O–H groups in total. The van der Waals surface area contributed by atoms with Crippen LogP contribution in [0, 0.1) is 0 Å². The Morgan fingerprint density at radius 3 is 1.78 bits per heavy atom. The first-order valence-corrected chi connectivity index (χ1v) is 12.0. The molecule has 0 saturated carbocycles. The number of carbonyl (C=O) groups is 1. The number of carbonyl (C=O) groups excluding carboxylic acids is 1. The van der Waals surface area contributed by atoms with Gasteiger partial charge in [0.25, 0.3) is 5.91 Å². The maximum absolute atomic E-state index is 13.2. The third kappa shape index (κ3) is 6.82. The molecule has 4 rings (SSSR count). The van der Waals surface area contributed by atoms with Gasteiger partial charge in [0.15, 0.2) is 23.0 Å². The normalized spacial score (nSPS) is 10.5. The number of ether oxygens (including phenoxy) is 4. The van der Waals surface area contributed by atoms with Crippen LogP contribution in [0.2, 0.25) is 0 Å². The fraction of sp³-hybridized carbons (Fsp3) is 0.194. The van der Waals surface area contributed by atoms with Crippen molar-refractivity contribution in [3.8, 4) is 23.0 Å². The fourth-order valence-corrected chi connectivity index (χ4v) is 3.89. The number of rotatable bonds is 11. The van der Waals surface area contributed by atoms with Crippen molar-refractivity contribution >= 4 is 5.91 Å². The van der Waals surface area contributed by atoms with Crippen LogP contribution in [0.4, 0.5) is 0 Å². The van der Waals surface area contributed by atoms with Gasteiger partial charge < -0.3 is 23.8 Å². The quantitative estimate of drug-likeness (QED) is 0.249. The summed E-state index contributed by atoms with van der Waals surface area (Å²) in [4.78, 5) is 14.9. The summed E-state index contributed by atoms with van der Waals surface area (Å²) >= 11 is 0. The molecule has 6 nitrogen and oxygen atoms in total. The topological polar surface area (TPSA) is 57.2 Å². The van der Waals surface area contributed by atoms with Crippen LogP contribution in [0.3, 0.4) is 0 Å². The molecule has 4 aromatic rings. The number of amides is 1. The maximum Gasteiger partial charge on any atom is 0.254 e. The Morgan fingerprint density at radius 2 is 1.19 bits per heavy atom. The Balaban J connectivity index is 1.42. The van der Waals surface area contributed by atoms with Crippen molar-refractivity contribution in [2.75, 3.05) is 21.3 Å². The van der Waals surface area contributed by atoms with Crippen molar-refractivity contribution in [1.29, 1.82) is 0 Å². The second kappa shape index (κ2) is 12.5. The molecule has 6 heteroatoms. The molecule has 37 heavy (non-hydrogen) atoms.